The zero-order valence-electron chi connectivity index (χ0n) is 10.7. The minimum atomic E-state index is 0.362. The molecule has 90 valence electrons. The van der Waals surface area contributed by atoms with Crippen LogP contribution >= 0.6 is 0 Å². The summed E-state index contributed by atoms with van der Waals surface area (Å²) < 4.78 is 0. The predicted octanol–water partition coefficient (Wildman–Crippen LogP) is 0.887. The minimum Gasteiger partial charge on any atom is -0.370 e. The van der Waals surface area contributed by atoms with Crippen molar-refractivity contribution in [2.24, 2.45) is 16.6 Å². The van der Waals surface area contributed by atoms with Gasteiger partial charge in [-0.2, -0.15) is 0 Å². The molecule has 0 aliphatic heterocycles. The highest BCUT2D eigenvalue weighted by atomic mass is 15.2. The Labute approximate surface area is 93.9 Å². The van der Waals surface area contributed by atoms with Crippen molar-refractivity contribution in [3.63, 3.8) is 0 Å². The first-order chi connectivity index (χ1) is 6.97. The number of guanidine groups is 1. The van der Waals surface area contributed by atoms with Gasteiger partial charge in [-0.25, -0.2) is 0 Å². The summed E-state index contributed by atoms with van der Waals surface area (Å²) in [6.07, 6.45) is 1.03. The first kappa shape index (κ1) is 14.2. The van der Waals surface area contributed by atoms with Gasteiger partial charge in [0.1, 0.15) is 0 Å². The van der Waals surface area contributed by atoms with Crippen molar-refractivity contribution in [2.45, 2.75) is 33.2 Å². The number of hydrogen-bond donors (Lipinski definition) is 2. The molecule has 0 aromatic heterocycles. The fraction of sp³-hybridized carbons (Fsp3) is 0.909. The Morgan fingerprint density at radius 2 is 2.00 bits per heavy atom. The zero-order chi connectivity index (χ0) is 11.8. The molecule has 0 fully saturated rings. The fourth-order valence-corrected chi connectivity index (χ4v) is 1.28. The maximum Gasteiger partial charge on any atom is 0.188 e. The molecule has 1 unspecified atom stereocenters. The highest BCUT2D eigenvalue weighted by Crippen LogP contribution is 2.02. The first-order valence-electron chi connectivity index (χ1n) is 5.68. The maximum absolute atomic E-state index is 5.79. The van der Waals surface area contributed by atoms with Gasteiger partial charge < -0.3 is 16.0 Å². The third-order valence-corrected chi connectivity index (χ3v) is 2.21. The van der Waals surface area contributed by atoms with Crippen LogP contribution in [-0.4, -0.2) is 44.1 Å². The monoisotopic (exact) mass is 214 g/mol. The van der Waals surface area contributed by atoms with Crippen LogP contribution in [0.1, 0.15) is 27.2 Å². The Hall–Kier alpha value is -0.770. The predicted molar refractivity (Wildman–Crippen MR) is 67.1 cm³/mol. The molecule has 0 aliphatic rings. The first-order valence-corrected chi connectivity index (χ1v) is 5.68. The summed E-state index contributed by atoms with van der Waals surface area (Å²) in [5, 5.41) is 3.27. The molecule has 0 saturated carbocycles. The molecule has 4 nitrogen and oxygen atoms in total. The van der Waals surface area contributed by atoms with Crippen molar-refractivity contribution in [2.75, 3.05) is 27.2 Å². The third-order valence-electron chi connectivity index (χ3n) is 2.21. The molecule has 0 amide bonds. The van der Waals surface area contributed by atoms with Crippen molar-refractivity contribution in [3.05, 3.63) is 0 Å². The lowest BCUT2D eigenvalue weighted by molar-refractivity contribution is 0.312. The molecule has 0 aromatic carbocycles. The normalized spacial score (nSPS) is 14.7. The fourth-order valence-electron chi connectivity index (χ4n) is 1.28. The van der Waals surface area contributed by atoms with E-state index in [1.54, 1.807) is 0 Å². The van der Waals surface area contributed by atoms with Crippen molar-refractivity contribution in [1.82, 2.24) is 10.2 Å². The van der Waals surface area contributed by atoms with Crippen molar-refractivity contribution >= 4 is 5.96 Å². The van der Waals surface area contributed by atoms with Crippen LogP contribution in [0.4, 0.5) is 0 Å². The van der Waals surface area contributed by atoms with Crippen LogP contribution in [0.15, 0.2) is 4.99 Å². The minimum absolute atomic E-state index is 0.362. The van der Waals surface area contributed by atoms with E-state index in [1.165, 1.54) is 0 Å². The summed E-state index contributed by atoms with van der Waals surface area (Å²) in [7, 11) is 4.13. The van der Waals surface area contributed by atoms with E-state index >= 15 is 0 Å². The second kappa shape index (κ2) is 7.51. The van der Waals surface area contributed by atoms with Gasteiger partial charge in [0.2, 0.25) is 0 Å². The van der Waals surface area contributed by atoms with Gasteiger partial charge in [-0.1, -0.05) is 20.8 Å². The van der Waals surface area contributed by atoms with E-state index < -0.39 is 0 Å². The van der Waals surface area contributed by atoms with Crippen LogP contribution in [0.2, 0.25) is 0 Å². The van der Waals surface area contributed by atoms with E-state index in [1.807, 2.05) is 0 Å². The van der Waals surface area contributed by atoms with Gasteiger partial charge in [0.25, 0.3) is 0 Å². The van der Waals surface area contributed by atoms with E-state index in [0.717, 1.165) is 19.5 Å². The van der Waals surface area contributed by atoms with Crippen LogP contribution in [0.5, 0.6) is 0 Å². The number of aliphatic imine (C=N–C) groups is 1. The third kappa shape index (κ3) is 7.19. The van der Waals surface area contributed by atoms with Crippen LogP contribution in [0.25, 0.3) is 0 Å². The average molecular weight is 214 g/mol. The van der Waals surface area contributed by atoms with Gasteiger partial charge in [0, 0.05) is 19.1 Å². The summed E-state index contributed by atoms with van der Waals surface area (Å²) in [6, 6.07) is 0.362. The van der Waals surface area contributed by atoms with Crippen LogP contribution in [-0.2, 0) is 0 Å². The Kier molecular flexibility index (Phi) is 7.13. The van der Waals surface area contributed by atoms with E-state index in [9.17, 15) is 0 Å². The summed E-state index contributed by atoms with van der Waals surface area (Å²) in [5.74, 6) is 1.11. The number of hydrogen-bond acceptors (Lipinski definition) is 2. The van der Waals surface area contributed by atoms with Gasteiger partial charge in [-0.05, 0) is 26.4 Å². The van der Waals surface area contributed by atoms with Gasteiger partial charge in [0.05, 0.1) is 0 Å². The Balaban J connectivity index is 4.15. The summed E-state index contributed by atoms with van der Waals surface area (Å²) >= 11 is 0. The Morgan fingerprint density at radius 3 is 2.40 bits per heavy atom. The van der Waals surface area contributed by atoms with Gasteiger partial charge in [0.15, 0.2) is 5.96 Å². The molecule has 0 radical (unpaired) electrons. The van der Waals surface area contributed by atoms with Gasteiger partial charge in [-0.3, -0.25) is 4.99 Å². The molecule has 0 rings (SSSR count). The molecular formula is C11H26N4. The largest absolute Gasteiger partial charge is 0.370 e. The molecule has 0 aliphatic carbocycles. The van der Waals surface area contributed by atoms with Crippen molar-refractivity contribution in [1.29, 1.82) is 0 Å². The standard InChI is InChI=1S/C11H26N4/c1-6-7-13-11(12)14-10(9(2)3)8-15(4)5/h9-10H,6-8H2,1-5H3,(H3,12,13,14). The average Bonchev–Trinajstić information content (AvgIpc) is 2.12. The van der Waals surface area contributed by atoms with Crippen LogP contribution in [0, 0.1) is 5.92 Å². The van der Waals surface area contributed by atoms with Crippen molar-refractivity contribution in [3.8, 4) is 0 Å². The van der Waals surface area contributed by atoms with Crippen LogP contribution < -0.4 is 11.1 Å². The van der Waals surface area contributed by atoms with Gasteiger partial charge >= 0.3 is 0 Å². The smallest absolute Gasteiger partial charge is 0.188 e. The Morgan fingerprint density at radius 1 is 1.40 bits per heavy atom. The number of rotatable bonds is 6. The van der Waals surface area contributed by atoms with E-state index in [-0.39, 0.29) is 0 Å². The highest BCUT2D eigenvalue weighted by molar-refractivity contribution is 5.78. The SMILES string of the molecule is CCCN=C(N)NC(CN(C)C)C(C)C. The molecule has 3 N–H and O–H groups in total. The lowest BCUT2D eigenvalue weighted by atomic mass is 10.0. The number of nitrogens with two attached hydrogens (primary N) is 1. The topological polar surface area (TPSA) is 53.6 Å². The number of nitrogens with one attached hydrogen (secondary N) is 1. The molecule has 0 saturated heterocycles. The molecule has 0 heterocycles. The quantitative estimate of drug-likeness (QED) is 0.510. The number of nitrogens with zero attached hydrogens (tertiary/aromatic N) is 2. The lowest BCUT2D eigenvalue weighted by Gasteiger charge is -2.26. The molecule has 0 spiro atoms. The van der Waals surface area contributed by atoms with Gasteiger partial charge in [-0.15, -0.1) is 0 Å². The van der Waals surface area contributed by atoms with Crippen molar-refractivity contribution < 1.29 is 0 Å². The second-order valence-electron chi connectivity index (χ2n) is 4.52. The summed E-state index contributed by atoms with van der Waals surface area (Å²) in [6.45, 7) is 8.24. The molecule has 4 heteroatoms. The Bertz CT molecular complexity index is 187. The van der Waals surface area contributed by atoms with Crippen LogP contribution in [0.3, 0.4) is 0 Å². The second-order valence-corrected chi connectivity index (χ2v) is 4.52. The maximum atomic E-state index is 5.79. The van der Waals surface area contributed by atoms with E-state index in [0.29, 0.717) is 17.9 Å². The zero-order valence-corrected chi connectivity index (χ0v) is 10.7. The molecule has 0 aromatic rings. The molecule has 15 heavy (non-hydrogen) atoms. The summed E-state index contributed by atoms with van der Waals surface area (Å²) in [5.41, 5.74) is 5.79. The van der Waals surface area contributed by atoms with E-state index in [4.69, 9.17) is 5.73 Å². The molecule has 1 atom stereocenters. The molecular weight excluding hydrogens is 188 g/mol. The lowest BCUT2D eigenvalue weighted by Crippen LogP contribution is -2.48. The molecule has 0 bridgehead atoms. The highest BCUT2D eigenvalue weighted by Gasteiger charge is 2.14. The summed E-state index contributed by atoms with van der Waals surface area (Å²) in [4.78, 5) is 6.39. The number of likely N-dealkylation sites (N-methyl/N-ethyl adjacent to an activating group) is 1. The van der Waals surface area contributed by atoms with E-state index in [2.05, 4.69) is 50.1 Å².